The first-order valence-corrected chi connectivity index (χ1v) is 9.42. The lowest BCUT2D eigenvalue weighted by molar-refractivity contribution is -0.384. The van der Waals surface area contributed by atoms with Crippen LogP contribution in [0.15, 0.2) is 30.5 Å². The molecular weight excluding hydrogens is 394 g/mol. The molecule has 0 atom stereocenters. The molecule has 3 rings (SSSR count). The van der Waals surface area contributed by atoms with Gasteiger partial charge in [0, 0.05) is 18.8 Å². The third kappa shape index (κ3) is 4.80. The summed E-state index contributed by atoms with van der Waals surface area (Å²) in [6.45, 7) is 2.92. The van der Waals surface area contributed by atoms with E-state index in [0.29, 0.717) is 38.2 Å². The van der Waals surface area contributed by atoms with Crippen LogP contribution >= 0.6 is 0 Å². The average molecular weight is 415 g/mol. The number of ether oxygens (including phenoxy) is 1. The van der Waals surface area contributed by atoms with Gasteiger partial charge in [-0.3, -0.25) is 14.9 Å². The number of rotatable bonds is 7. The highest BCUT2D eigenvalue weighted by atomic mass is 16.6. The molecule has 0 bridgehead atoms. The monoisotopic (exact) mass is 415 g/mol. The molecule has 11 nitrogen and oxygen atoms in total. The summed E-state index contributed by atoms with van der Waals surface area (Å²) in [5, 5.41) is 23.3. The van der Waals surface area contributed by atoms with Crippen molar-refractivity contribution in [3.05, 3.63) is 46.1 Å². The maximum atomic E-state index is 11.9. The summed E-state index contributed by atoms with van der Waals surface area (Å²) >= 11 is 0. The van der Waals surface area contributed by atoms with Crippen LogP contribution < -0.4 is 10.2 Å². The Morgan fingerprint density at radius 1 is 1.30 bits per heavy atom. The highest BCUT2D eigenvalue weighted by Gasteiger charge is 2.30. The zero-order valence-corrected chi connectivity index (χ0v) is 16.3. The number of nitrogens with zero attached hydrogens (tertiary/aromatic N) is 4. The van der Waals surface area contributed by atoms with Crippen LogP contribution in [-0.2, 0) is 9.53 Å². The number of nitro groups is 1. The summed E-state index contributed by atoms with van der Waals surface area (Å²) < 4.78 is 5.05. The smallest absolute Gasteiger partial charge is 0.335 e. The normalized spacial score (nSPS) is 14.2. The number of carbonyl (C=O) groups excluding carboxylic acids is 1. The van der Waals surface area contributed by atoms with E-state index in [0.717, 1.165) is 6.20 Å². The fourth-order valence-electron chi connectivity index (χ4n) is 3.20. The van der Waals surface area contributed by atoms with Crippen LogP contribution in [0.1, 0.15) is 30.1 Å². The van der Waals surface area contributed by atoms with E-state index in [-0.39, 0.29) is 34.9 Å². The first-order valence-electron chi connectivity index (χ1n) is 9.42. The number of benzene rings is 1. The number of nitrogens with one attached hydrogen (secondary N) is 1. The number of hydrogen-bond acceptors (Lipinski definition) is 9. The molecule has 11 heteroatoms. The van der Waals surface area contributed by atoms with Crippen molar-refractivity contribution in [2.75, 3.05) is 29.9 Å². The van der Waals surface area contributed by atoms with Gasteiger partial charge in [0.15, 0.2) is 0 Å². The van der Waals surface area contributed by atoms with Crippen molar-refractivity contribution in [1.29, 1.82) is 0 Å². The molecule has 1 aromatic carbocycles. The molecule has 158 valence electrons. The van der Waals surface area contributed by atoms with Gasteiger partial charge in [0.1, 0.15) is 6.20 Å². The maximum absolute atomic E-state index is 11.9. The summed E-state index contributed by atoms with van der Waals surface area (Å²) in [5.41, 5.74) is 0.451. The number of aromatic nitrogens is 2. The fraction of sp³-hybridized carbons (Fsp3) is 0.368. The molecule has 30 heavy (non-hydrogen) atoms. The summed E-state index contributed by atoms with van der Waals surface area (Å²) in [4.78, 5) is 43.8. The van der Waals surface area contributed by atoms with Crippen LogP contribution in [-0.4, -0.2) is 51.6 Å². The lowest BCUT2D eigenvalue weighted by Crippen LogP contribution is -2.37. The molecule has 0 spiro atoms. The number of hydrogen-bond donors (Lipinski definition) is 2. The van der Waals surface area contributed by atoms with Crippen molar-refractivity contribution >= 4 is 35.1 Å². The second-order valence-electron chi connectivity index (χ2n) is 6.68. The number of aromatic carboxylic acids is 1. The molecule has 1 fully saturated rings. The van der Waals surface area contributed by atoms with E-state index in [1.807, 2.05) is 0 Å². The predicted molar refractivity (Wildman–Crippen MR) is 107 cm³/mol. The lowest BCUT2D eigenvalue weighted by Gasteiger charge is -2.31. The number of esters is 1. The quantitative estimate of drug-likeness (QED) is 0.393. The molecule has 1 aliphatic heterocycles. The van der Waals surface area contributed by atoms with Crippen molar-refractivity contribution in [2.24, 2.45) is 5.92 Å². The number of carboxylic acids is 1. The van der Waals surface area contributed by atoms with Gasteiger partial charge in [-0.1, -0.05) is 0 Å². The summed E-state index contributed by atoms with van der Waals surface area (Å²) in [6, 6.07) is 5.96. The Bertz CT molecular complexity index is 941. The Hall–Kier alpha value is -3.76. The molecule has 2 N–H and O–H groups in total. The van der Waals surface area contributed by atoms with E-state index in [2.05, 4.69) is 15.3 Å². The van der Waals surface area contributed by atoms with E-state index < -0.39 is 10.9 Å². The highest BCUT2D eigenvalue weighted by Crippen LogP contribution is 2.31. The van der Waals surface area contributed by atoms with Gasteiger partial charge < -0.3 is 20.1 Å². The molecule has 1 aliphatic rings. The number of anilines is 3. The first-order chi connectivity index (χ1) is 14.4. The average Bonchev–Trinajstić information content (AvgIpc) is 2.74. The molecule has 0 amide bonds. The zero-order chi connectivity index (χ0) is 21.7. The van der Waals surface area contributed by atoms with Gasteiger partial charge in [-0.15, -0.1) is 0 Å². The zero-order valence-electron chi connectivity index (χ0n) is 16.3. The molecular formula is C19H21N5O6. The molecule has 1 aromatic heterocycles. The van der Waals surface area contributed by atoms with Gasteiger partial charge >= 0.3 is 17.6 Å². The molecule has 0 saturated carbocycles. The van der Waals surface area contributed by atoms with Crippen LogP contribution in [0, 0.1) is 16.0 Å². The van der Waals surface area contributed by atoms with Crippen molar-refractivity contribution in [3.8, 4) is 0 Å². The third-order valence-electron chi connectivity index (χ3n) is 4.75. The first kappa shape index (κ1) is 21.0. The van der Waals surface area contributed by atoms with Gasteiger partial charge in [0.2, 0.25) is 11.8 Å². The molecule has 1 saturated heterocycles. The van der Waals surface area contributed by atoms with Gasteiger partial charge in [0.25, 0.3) is 0 Å². The summed E-state index contributed by atoms with van der Waals surface area (Å²) in [6.07, 6.45) is 2.16. The molecule has 2 heterocycles. The van der Waals surface area contributed by atoms with Gasteiger partial charge in [0.05, 0.1) is 23.0 Å². The summed E-state index contributed by atoms with van der Waals surface area (Å²) in [5.74, 6) is -1.20. The molecule has 2 aromatic rings. The Morgan fingerprint density at radius 2 is 1.97 bits per heavy atom. The lowest BCUT2D eigenvalue weighted by atomic mass is 9.97. The van der Waals surface area contributed by atoms with E-state index in [1.54, 1.807) is 24.0 Å². The van der Waals surface area contributed by atoms with Gasteiger partial charge in [-0.2, -0.15) is 4.98 Å². The molecule has 0 aliphatic carbocycles. The maximum Gasteiger partial charge on any atom is 0.335 e. The Labute approximate surface area is 171 Å². The minimum atomic E-state index is -1.04. The number of carboxylic acid groups (broad SMARTS) is 1. The van der Waals surface area contributed by atoms with Gasteiger partial charge in [-0.05, 0) is 44.0 Å². The van der Waals surface area contributed by atoms with Crippen molar-refractivity contribution in [1.82, 2.24) is 9.97 Å². The third-order valence-corrected chi connectivity index (χ3v) is 4.75. The van der Waals surface area contributed by atoms with Crippen LogP contribution in [0.5, 0.6) is 0 Å². The largest absolute Gasteiger partial charge is 0.478 e. The van der Waals surface area contributed by atoms with Gasteiger partial charge in [-0.25, -0.2) is 9.78 Å². The Kier molecular flexibility index (Phi) is 6.40. The second-order valence-corrected chi connectivity index (χ2v) is 6.68. The van der Waals surface area contributed by atoms with Crippen LogP contribution in [0.3, 0.4) is 0 Å². The topological polar surface area (TPSA) is 148 Å². The standard InChI is InChI=1S/C19H21N5O6/c1-2-30-18(27)13-7-9-23(10-8-13)16-15(24(28)29)11-20-19(22-16)21-14-5-3-12(4-6-14)17(25)26/h3-6,11,13H,2,7-10H2,1H3,(H,25,26)(H,20,21,22). The van der Waals surface area contributed by atoms with E-state index in [1.165, 1.54) is 12.1 Å². The van der Waals surface area contributed by atoms with E-state index in [9.17, 15) is 19.7 Å². The Morgan fingerprint density at radius 3 is 2.53 bits per heavy atom. The summed E-state index contributed by atoms with van der Waals surface area (Å²) in [7, 11) is 0. The van der Waals surface area contributed by atoms with Crippen molar-refractivity contribution in [2.45, 2.75) is 19.8 Å². The van der Waals surface area contributed by atoms with E-state index in [4.69, 9.17) is 9.84 Å². The van der Waals surface area contributed by atoms with Crippen LogP contribution in [0.4, 0.5) is 23.1 Å². The molecule has 0 unspecified atom stereocenters. The highest BCUT2D eigenvalue weighted by molar-refractivity contribution is 5.88. The second kappa shape index (κ2) is 9.16. The van der Waals surface area contributed by atoms with Crippen LogP contribution in [0.2, 0.25) is 0 Å². The Balaban J connectivity index is 1.77. The van der Waals surface area contributed by atoms with E-state index >= 15 is 0 Å². The minimum absolute atomic E-state index is 0.135. The predicted octanol–water partition coefficient (Wildman–Crippen LogP) is 2.61. The minimum Gasteiger partial charge on any atom is -0.478 e. The fourth-order valence-corrected chi connectivity index (χ4v) is 3.20. The van der Waals surface area contributed by atoms with Crippen molar-refractivity contribution < 1.29 is 24.4 Å². The van der Waals surface area contributed by atoms with Crippen molar-refractivity contribution in [3.63, 3.8) is 0 Å². The number of carbonyl (C=O) groups is 2. The SMILES string of the molecule is CCOC(=O)C1CCN(c2nc(Nc3ccc(C(=O)O)cc3)ncc2[N+](=O)[O-])CC1. The number of piperidine rings is 1. The van der Waals surface area contributed by atoms with Crippen LogP contribution in [0.25, 0.3) is 0 Å². The molecule has 0 radical (unpaired) electrons.